The number of carbonyl (C=O) groups excluding carboxylic acids is 1. The molecule has 3 aromatic heterocycles. The molecule has 5 aromatic rings. The summed E-state index contributed by atoms with van der Waals surface area (Å²) in [4.78, 5) is 22.3. The molecule has 10 nitrogen and oxygen atoms in total. The molecule has 1 amide bonds. The van der Waals surface area contributed by atoms with Crippen LogP contribution in [-0.4, -0.2) is 56.9 Å². The number of rotatable bonds is 5. The van der Waals surface area contributed by atoms with Gasteiger partial charge in [-0.05, 0) is 24.3 Å². The monoisotopic (exact) mass is 482 g/mol. The molecule has 6 rings (SSSR count). The molecule has 0 aliphatic carbocycles. The van der Waals surface area contributed by atoms with Crippen molar-refractivity contribution in [3.8, 4) is 17.0 Å². The molecule has 5 N–H and O–H groups in total. The van der Waals surface area contributed by atoms with Gasteiger partial charge in [-0.2, -0.15) is 5.10 Å². The lowest BCUT2D eigenvalue weighted by Crippen LogP contribution is -2.28. The van der Waals surface area contributed by atoms with E-state index in [4.69, 9.17) is 10.5 Å². The van der Waals surface area contributed by atoms with Crippen LogP contribution in [0.3, 0.4) is 0 Å². The zero-order valence-corrected chi connectivity index (χ0v) is 19.9. The minimum Gasteiger partial charge on any atom is -0.495 e. The zero-order chi connectivity index (χ0) is 24.8. The summed E-state index contributed by atoms with van der Waals surface area (Å²) in [7, 11) is 3.45. The van der Waals surface area contributed by atoms with Crippen LogP contribution in [0.5, 0.6) is 5.75 Å². The number of para-hydroxylation sites is 1. The lowest BCUT2D eigenvalue weighted by atomic mass is 10.0. The van der Waals surface area contributed by atoms with Crippen molar-refractivity contribution in [3.05, 3.63) is 66.2 Å². The lowest BCUT2D eigenvalue weighted by molar-refractivity contribution is 0.101. The highest BCUT2D eigenvalue weighted by molar-refractivity contribution is 6.07. The number of aromatic amines is 1. The maximum atomic E-state index is 13.1. The number of hydrogen-bond acceptors (Lipinski definition) is 7. The first-order valence-electron chi connectivity index (χ1n) is 11.7. The van der Waals surface area contributed by atoms with Crippen molar-refractivity contribution in [3.63, 3.8) is 0 Å². The molecule has 2 aromatic carbocycles. The van der Waals surface area contributed by atoms with E-state index < -0.39 is 0 Å². The number of amides is 1. The smallest absolute Gasteiger partial charge is 0.272 e. The number of nitrogens with one attached hydrogen (secondary N) is 3. The summed E-state index contributed by atoms with van der Waals surface area (Å²) in [5, 5.41) is 15.5. The van der Waals surface area contributed by atoms with E-state index in [2.05, 4.69) is 30.8 Å². The zero-order valence-electron chi connectivity index (χ0n) is 19.9. The van der Waals surface area contributed by atoms with Gasteiger partial charge in [0.1, 0.15) is 17.3 Å². The van der Waals surface area contributed by atoms with Crippen molar-refractivity contribution in [2.45, 2.75) is 12.0 Å². The number of nitrogens with zero attached hydrogens (tertiary/aromatic N) is 4. The van der Waals surface area contributed by atoms with E-state index in [1.54, 1.807) is 13.3 Å². The Hall–Kier alpha value is -4.28. The Kier molecular flexibility index (Phi) is 5.39. The minimum atomic E-state index is -0.215. The normalized spacial score (nSPS) is 17.6. The van der Waals surface area contributed by atoms with Gasteiger partial charge in [0.05, 0.1) is 23.9 Å². The second-order valence-electron chi connectivity index (χ2n) is 9.01. The SMILES string of the molecule is COc1cc(-c2[nH]nc3nc(C4CNCC4N)ncc23)ccc1NC(=O)c1cc2ccccc2n1C. The molecule has 10 heteroatoms. The average Bonchev–Trinajstić information content (AvgIpc) is 3.61. The molecular formula is C26H26N8O2. The molecular weight excluding hydrogens is 456 g/mol. The van der Waals surface area contributed by atoms with Gasteiger partial charge in [-0.3, -0.25) is 9.89 Å². The van der Waals surface area contributed by atoms with Gasteiger partial charge >= 0.3 is 0 Å². The van der Waals surface area contributed by atoms with Crippen LogP contribution in [0.1, 0.15) is 22.2 Å². The first-order chi connectivity index (χ1) is 17.5. The van der Waals surface area contributed by atoms with Crippen LogP contribution in [0, 0.1) is 0 Å². The Morgan fingerprint density at radius 1 is 1.19 bits per heavy atom. The molecule has 0 spiro atoms. The molecule has 36 heavy (non-hydrogen) atoms. The molecule has 1 fully saturated rings. The number of methoxy groups -OCH3 is 1. The fraction of sp³-hybridized carbons (Fsp3) is 0.231. The second-order valence-corrected chi connectivity index (χ2v) is 9.01. The van der Waals surface area contributed by atoms with Gasteiger partial charge in [0.25, 0.3) is 5.91 Å². The van der Waals surface area contributed by atoms with E-state index >= 15 is 0 Å². The number of ether oxygens (including phenoxy) is 1. The van der Waals surface area contributed by atoms with Crippen LogP contribution in [0.4, 0.5) is 5.69 Å². The Balaban J connectivity index is 1.29. The summed E-state index contributed by atoms with van der Waals surface area (Å²) in [5.74, 6) is 1.08. The molecule has 1 aliphatic heterocycles. The van der Waals surface area contributed by atoms with E-state index in [0.29, 0.717) is 28.6 Å². The number of fused-ring (bicyclic) bond motifs is 2. The molecule has 0 bridgehead atoms. The molecule has 0 saturated carbocycles. The number of H-pyrrole nitrogens is 1. The van der Waals surface area contributed by atoms with Crippen LogP contribution in [0.25, 0.3) is 33.2 Å². The molecule has 182 valence electrons. The van der Waals surface area contributed by atoms with Crippen LogP contribution >= 0.6 is 0 Å². The van der Waals surface area contributed by atoms with Crippen LogP contribution in [0.15, 0.2) is 54.7 Å². The number of benzene rings is 2. The maximum Gasteiger partial charge on any atom is 0.272 e. The van der Waals surface area contributed by atoms with Gasteiger partial charge in [-0.15, -0.1) is 0 Å². The van der Waals surface area contributed by atoms with Gasteiger partial charge in [-0.1, -0.05) is 24.3 Å². The van der Waals surface area contributed by atoms with Crippen molar-refractivity contribution in [2.24, 2.45) is 12.8 Å². The van der Waals surface area contributed by atoms with Gasteiger partial charge in [0.2, 0.25) is 0 Å². The number of carbonyl (C=O) groups is 1. The van der Waals surface area contributed by atoms with Crippen molar-refractivity contribution in [2.75, 3.05) is 25.5 Å². The molecule has 2 unspecified atom stereocenters. The number of aromatic nitrogens is 5. The Morgan fingerprint density at radius 3 is 2.83 bits per heavy atom. The van der Waals surface area contributed by atoms with Crippen molar-refractivity contribution >= 4 is 33.5 Å². The van der Waals surface area contributed by atoms with Crippen molar-refractivity contribution < 1.29 is 9.53 Å². The highest BCUT2D eigenvalue weighted by Crippen LogP contribution is 2.33. The van der Waals surface area contributed by atoms with Crippen molar-refractivity contribution in [1.29, 1.82) is 0 Å². The Labute approximate surface area is 206 Å². The predicted molar refractivity (Wildman–Crippen MR) is 138 cm³/mol. The largest absolute Gasteiger partial charge is 0.495 e. The van der Waals surface area contributed by atoms with Crippen molar-refractivity contribution in [1.82, 2.24) is 30.0 Å². The molecule has 1 aliphatic rings. The first-order valence-corrected chi connectivity index (χ1v) is 11.7. The topological polar surface area (TPSA) is 136 Å². The summed E-state index contributed by atoms with van der Waals surface area (Å²) >= 11 is 0. The van der Waals surface area contributed by atoms with Crippen LogP contribution in [0.2, 0.25) is 0 Å². The first kappa shape index (κ1) is 22.2. The number of aryl methyl sites for hydroxylation is 1. The van der Waals surface area contributed by atoms with Gasteiger partial charge < -0.3 is 25.7 Å². The summed E-state index contributed by atoms with van der Waals surface area (Å²) in [6.07, 6.45) is 1.78. The van der Waals surface area contributed by atoms with E-state index in [1.165, 1.54) is 0 Å². The van der Waals surface area contributed by atoms with Gasteiger partial charge in [0, 0.05) is 54.8 Å². The van der Waals surface area contributed by atoms with E-state index in [-0.39, 0.29) is 17.9 Å². The fourth-order valence-corrected chi connectivity index (χ4v) is 4.84. The summed E-state index contributed by atoms with van der Waals surface area (Å²) in [6.45, 7) is 1.51. The second kappa shape index (κ2) is 8.74. The summed E-state index contributed by atoms with van der Waals surface area (Å²) in [5.41, 5.74) is 10.5. The van der Waals surface area contributed by atoms with E-state index in [1.807, 2.05) is 60.1 Å². The lowest BCUT2D eigenvalue weighted by Gasteiger charge is -2.13. The third-order valence-corrected chi connectivity index (χ3v) is 6.85. The van der Waals surface area contributed by atoms with Gasteiger partial charge in [0.15, 0.2) is 5.65 Å². The summed E-state index contributed by atoms with van der Waals surface area (Å²) in [6, 6.07) is 15.3. The van der Waals surface area contributed by atoms with E-state index in [9.17, 15) is 4.79 Å². The average molecular weight is 483 g/mol. The Morgan fingerprint density at radius 2 is 2.06 bits per heavy atom. The predicted octanol–water partition coefficient (Wildman–Crippen LogP) is 2.79. The van der Waals surface area contributed by atoms with E-state index in [0.717, 1.165) is 40.6 Å². The Bertz CT molecular complexity index is 1600. The highest BCUT2D eigenvalue weighted by Gasteiger charge is 2.28. The van der Waals surface area contributed by atoms with Crippen LogP contribution < -0.4 is 21.1 Å². The molecule has 2 atom stereocenters. The third kappa shape index (κ3) is 3.67. The number of anilines is 1. The molecule has 1 saturated heterocycles. The van der Waals surface area contributed by atoms with Crippen LogP contribution in [-0.2, 0) is 7.05 Å². The highest BCUT2D eigenvalue weighted by atomic mass is 16.5. The van der Waals surface area contributed by atoms with Gasteiger partial charge in [-0.25, -0.2) is 9.97 Å². The third-order valence-electron chi connectivity index (χ3n) is 6.85. The maximum absolute atomic E-state index is 13.1. The molecule has 0 radical (unpaired) electrons. The minimum absolute atomic E-state index is 0.0122. The molecule has 4 heterocycles. The quantitative estimate of drug-likeness (QED) is 0.302. The number of nitrogens with two attached hydrogens (primary N) is 1. The summed E-state index contributed by atoms with van der Waals surface area (Å²) < 4.78 is 7.49. The number of hydrogen-bond donors (Lipinski definition) is 4. The fourth-order valence-electron chi connectivity index (χ4n) is 4.84. The standard InChI is InChI=1S/C26H26N8O2/c1-34-20-6-4-3-5-14(20)9-21(34)26(35)30-19-8-7-15(10-22(19)36-2)23-17-12-29-24(31-25(17)33-32-23)16-11-28-13-18(16)27/h3-10,12,16,18,28H,11,13,27H2,1-2H3,(H,30,35)(H,29,31,32,33).